The van der Waals surface area contributed by atoms with Crippen LogP contribution in [-0.2, 0) is 27.3 Å². The quantitative estimate of drug-likeness (QED) is 0.127. The highest BCUT2D eigenvalue weighted by Gasteiger charge is 2.34. The van der Waals surface area contributed by atoms with Gasteiger partial charge in [0.15, 0.2) is 0 Å². The average molecular weight is 644 g/mol. The van der Waals surface area contributed by atoms with Crippen molar-refractivity contribution in [3.63, 3.8) is 0 Å². The highest BCUT2D eigenvalue weighted by atomic mass is 16.5. The highest BCUT2D eigenvalue weighted by Crippen LogP contribution is 2.37. The van der Waals surface area contributed by atoms with E-state index in [2.05, 4.69) is 5.32 Å². The predicted molar refractivity (Wildman–Crippen MR) is 185 cm³/mol. The van der Waals surface area contributed by atoms with Gasteiger partial charge in [-0.1, -0.05) is 61.5 Å². The monoisotopic (exact) mass is 643 g/mol. The Morgan fingerprint density at radius 1 is 1.06 bits per heavy atom. The molecule has 9 heteroatoms. The molecule has 0 radical (unpaired) electrons. The molecule has 1 heterocycles. The molecule has 0 fully saturated rings. The van der Waals surface area contributed by atoms with Gasteiger partial charge in [0.1, 0.15) is 5.75 Å². The Labute approximate surface area is 278 Å². The van der Waals surface area contributed by atoms with Gasteiger partial charge in [-0.2, -0.15) is 0 Å². The fraction of sp³-hybridized carbons (Fsp3) is 0.421. The third-order valence-electron chi connectivity index (χ3n) is 8.40. The summed E-state index contributed by atoms with van der Waals surface area (Å²) in [5, 5.41) is 22.1. The normalized spacial score (nSPS) is 15.8. The number of aliphatic hydroxyl groups excluding tert-OH is 2. The number of methoxy groups -OCH3 is 1. The molecule has 9 nitrogen and oxygen atoms in total. The molecule has 3 N–H and O–H groups in total. The summed E-state index contributed by atoms with van der Waals surface area (Å²) < 4.78 is 11.6. The van der Waals surface area contributed by atoms with Gasteiger partial charge in [0.05, 0.1) is 31.0 Å². The Kier molecular flexibility index (Phi) is 14.0. The summed E-state index contributed by atoms with van der Waals surface area (Å²) in [6.07, 6.45) is 5.87. The molecule has 0 bridgehead atoms. The van der Waals surface area contributed by atoms with E-state index in [0.29, 0.717) is 32.5 Å². The van der Waals surface area contributed by atoms with Crippen LogP contribution in [0.2, 0.25) is 0 Å². The number of fused-ring (bicyclic) bond motifs is 1. The van der Waals surface area contributed by atoms with Gasteiger partial charge in [-0.15, -0.1) is 0 Å². The number of benzene rings is 3. The first-order chi connectivity index (χ1) is 22.9. The molecule has 1 aliphatic heterocycles. The zero-order chi connectivity index (χ0) is 33.6. The van der Waals surface area contributed by atoms with Gasteiger partial charge in [-0.3, -0.25) is 14.5 Å². The smallest absolute Gasteiger partial charge is 0.249 e. The molecule has 0 aromatic heterocycles. The standard InChI is InChI=1S/C38H49N3O6/c1-4-47-33-19-20-35-31(25-33)26-34(39-21-8-9-23-42)38(45)41(35)32-17-15-30(16-18-32)37(46-3)28(2)11-10-14-36(44)40(22-24-43)27-29-12-6-5-7-13-29/h5-7,10-13,15-20,25,28,34,37,39,42-43H,4,8-9,14,21-24,26-27H2,1-3H3/b11-10+/t28-,34?,37+/m0/s1. The number of anilines is 2. The Balaban J connectivity index is 1.46. The van der Waals surface area contributed by atoms with Crippen molar-refractivity contribution in [2.75, 3.05) is 44.9 Å². The van der Waals surface area contributed by atoms with E-state index in [1.807, 2.05) is 98.8 Å². The molecular weight excluding hydrogens is 594 g/mol. The van der Waals surface area contributed by atoms with Gasteiger partial charge in [-0.05, 0) is 79.8 Å². The Morgan fingerprint density at radius 3 is 2.51 bits per heavy atom. The molecule has 0 spiro atoms. The highest BCUT2D eigenvalue weighted by molar-refractivity contribution is 6.06. The molecule has 2 amide bonds. The first-order valence-electron chi connectivity index (χ1n) is 16.6. The lowest BCUT2D eigenvalue weighted by atomic mass is 9.94. The fourth-order valence-corrected chi connectivity index (χ4v) is 6.02. The summed E-state index contributed by atoms with van der Waals surface area (Å²) >= 11 is 0. The van der Waals surface area contributed by atoms with Crippen molar-refractivity contribution in [3.8, 4) is 5.75 Å². The molecular formula is C38H49N3O6. The van der Waals surface area contributed by atoms with Crippen LogP contribution < -0.4 is 15.0 Å². The molecule has 0 saturated heterocycles. The molecule has 3 aromatic carbocycles. The summed E-state index contributed by atoms with van der Waals surface area (Å²) in [6, 6.07) is 23.1. The summed E-state index contributed by atoms with van der Waals surface area (Å²) in [6.45, 7) is 5.97. The zero-order valence-corrected chi connectivity index (χ0v) is 27.8. The zero-order valence-electron chi connectivity index (χ0n) is 27.8. The number of carbonyl (C=O) groups is 2. The molecule has 0 saturated carbocycles. The van der Waals surface area contributed by atoms with Crippen LogP contribution in [0, 0.1) is 5.92 Å². The van der Waals surface area contributed by atoms with E-state index in [9.17, 15) is 14.7 Å². The number of carbonyl (C=O) groups excluding carboxylic acids is 2. The van der Waals surface area contributed by atoms with E-state index in [-0.39, 0.29) is 50.0 Å². The predicted octanol–water partition coefficient (Wildman–Crippen LogP) is 5.33. The van der Waals surface area contributed by atoms with Crippen molar-refractivity contribution in [2.24, 2.45) is 5.92 Å². The molecule has 47 heavy (non-hydrogen) atoms. The van der Waals surface area contributed by atoms with Crippen LogP contribution in [0.15, 0.2) is 84.9 Å². The number of nitrogens with zero attached hydrogens (tertiary/aromatic N) is 2. The van der Waals surface area contributed by atoms with Gasteiger partial charge in [0, 0.05) is 44.8 Å². The maximum absolute atomic E-state index is 13.8. The number of ether oxygens (including phenoxy) is 2. The molecule has 252 valence electrons. The number of rotatable bonds is 18. The SMILES string of the molecule is CCOc1ccc2c(c1)CC(NCCCCO)C(=O)N2c1ccc([C@H](OC)[C@@H](C)/C=C/CC(=O)N(CCO)Cc2ccccc2)cc1. The average Bonchev–Trinajstić information content (AvgIpc) is 3.08. The lowest BCUT2D eigenvalue weighted by Crippen LogP contribution is -2.49. The van der Waals surface area contributed by atoms with E-state index in [4.69, 9.17) is 14.6 Å². The minimum atomic E-state index is -0.390. The van der Waals surface area contributed by atoms with Gasteiger partial charge in [0.25, 0.3) is 0 Å². The molecule has 3 aromatic rings. The maximum Gasteiger partial charge on any atom is 0.249 e. The van der Waals surface area contributed by atoms with Crippen LogP contribution in [-0.4, -0.2) is 73.0 Å². The first-order valence-corrected chi connectivity index (χ1v) is 16.6. The third-order valence-corrected chi connectivity index (χ3v) is 8.40. The second-order valence-corrected chi connectivity index (χ2v) is 11.8. The van der Waals surface area contributed by atoms with Gasteiger partial charge >= 0.3 is 0 Å². The van der Waals surface area contributed by atoms with Crippen molar-refractivity contribution < 1.29 is 29.3 Å². The number of aliphatic hydroxyl groups is 2. The van der Waals surface area contributed by atoms with Crippen molar-refractivity contribution in [1.82, 2.24) is 10.2 Å². The minimum absolute atomic E-state index is 0.0230. The van der Waals surface area contributed by atoms with Gasteiger partial charge in [0.2, 0.25) is 11.8 Å². The Morgan fingerprint density at radius 2 is 1.83 bits per heavy atom. The summed E-state index contributed by atoms with van der Waals surface area (Å²) in [4.78, 5) is 30.2. The lowest BCUT2D eigenvalue weighted by molar-refractivity contribution is -0.131. The summed E-state index contributed by atoms with van der Waals surface area (Å²) in [5.74, 6) is 0.677. The van der Waals surface area contributed by atoms with Crippen LogP contribution in [0.4, 0.5) is 11.4 Å². The topological polar surface area (TPSA) is 112 Å². The second-order valence-electron chi connectivity index (χ2n) is 11.8. The van der Waals surface area contributed by atoms with Crippen LogP contribution in [0.25, 0.3) is 0 Å². The van der Waals surface area contributed by atoms with Crippen LogP contribution in [0.5, 0.6) is 5.75 Å². The Hall–Kier alpha value is -4.02. The molecule has 1 aliphatic rings. The second kappa shape index (κ2) is 18.4. The molecule has 1 unspecified atom stereocenters. The van der Waals surface area contributed by atoms with Crippen LogP contribution in [0.1, 0.15) is 55.9 Å². The van der Waals surface area contributed by atoms with Gasteiger partial charge in [-0.25, -0.2) is 0 Å². The van der Waals surface area contributed by atoms with Crippen LogP contribution >= 0.6 is 0 Å². The van der Waals surface area contributed by atoms with Crippen molar-refractivity contribution in [3.05, 3.63) is 102 Å². The maximum atomic E-state index is 13.8. The largest absolute Gasteiger partial charge is 0.494 e. The summed E-state index contributed by atoms with van der Waals surface area (Å²) in [7, 11) is 1.67. The van der Waals surface area contributed by atoms with Crippen molar-refractivity contribution in [2.45, 2.75) is 58.2 Å². The summed E-state index contributed by atoms with van der Waals surface area (Å²) in [5.41, 5.74) is 4.61. The van der Waals surface area contributed by atoms with Gasteiger partial charge < -0.3 is 29.9 Å². The molecule has 3 atom stereocenters. The van der Waals surface area contributed by atoms with E-state index in [1.54, 1.807) is 16.9 Å². The number of unbranched alkanes of at least 4 members (excludes halogenated alkanes) is 1. The fourth-order valence-electron chi connectivity index (χ4n) is 6.02. The first kappa shape index (κ1) is 35.8. The van der Waals surface area contributed by atoms with Crippen LogP contribution in [0.3, 0.4) is 0 Å². The number of nitrogens with one attached hydrogen (secondary N) is 1. The number of hydrogen-bond acceptors (Lipinski definition) is 7. The van der Waals surface area contributed by atoms with Crippen molar-refractivity contribution in [1.29, 1.82) is 0 Å². The lowest BCUT2D eigenvalue weighted by Gasteiger charge is -2.35. The Bertz CT molecular complexity index is 1450. The molecule has 0 aliphatic carbocycles. The van der Waals surface area contributed by atoms with Crippen molar-refractivity contribution >= 4 is 23.2 Å². The van der Waals surface area contributed by atoms with E-state index < -0.39 is 6.04 Å². The molecule has 4 rings (SSSR count). The van der Waals surface area contributed by atoms with E-state index in [1.165, 1.54) is 0 Å². The minimum Gasteiger partial charge on any atom is -0.494 e. The number of amides is 2. The third kappa shape index (κ3) is 9.74. The number of hydrogen-bond donors (Lipinski definition) is 3. The van der Waals surface area contributed by atoms with E-state index >= 15 is 0 Å². The van der Waals surface area contributed by atoms with E-state index in [0.717, 1.165) is 40.2 Å².